The Morgan fingerprint density at radius 1 is 1.33 bits per heavy atom. The van der Waals surface area contributed by atoms with Gasteiger partial charge in [0.15, 0.2) is 0 Å². The highest BCUT2D eigenvalue weighted by Crippen LogP contribution is 2.28. The van der Waals surface area contributed by atoms with Gasteiger partial charge in [-0.25, -0.2) is 4.98 Å². The van der Waals surface area contributed by atoms with E-state index in [1.165, 1.54) is 10.6 Å². The van der Waals surface area contributed by atoms with Crippen LogP contribution in [0.4, 0.5) is 0 Å². The van der Waals surface area contributed by atoms with Crippen LogP contribution in [0.5, 0.6) is 0 Å². The molecule has 2 nitrogen and oxygen atoms in total. The van der Waals surface area contributed by atoms with Crippen molar-refractivity contribution in [2.24, 2.45) is 0 Å². The molecule has 0 amide bonds. The van der Waals surface area contributed by atoms with Gasteiger partial charge in [0.2, 0.25) is 0 Å². The molecule has 0 fully saturated rings. The van der Waals surface area contributed by atoms with Crippen LogP contribution in [0.25, 0.3) is 10.6 Å². The summed E-state index contributed by atoms with van der Waals surface area (Å²) in [5.74, 6) is 0.770. The van der Waals surface area contributed by atoms with Gasteiger partial charge in [-0.15, -0.1) is 11.3 Å². The van der Waals surface area contributed by atoms with Crippen LogP contribution in [0.3, 0.4) is 0 Å². The van der Waals surface area contributed by atoms with Crippen LogP contribution >= 0.6 is 24.0 Å². The molecule has 2 rings (SSSR count). The fraction of sp³-hybridized carbons (Fsp3) is 0.273. The molecule has 0 bridgehead atoms. The molecule has 2 aromatic heterocycles. The van der Waals surface area contributed by atoms with Gasteiger partial charge in [0.05, 0.1) is 5.69 Å². The summed E-state index contributed by atoms with van der Waals surface area (Å²) in [4.78, 5) is 9.88. The van der Waals surface area contributed by atoms with Crippen LogP contribution in [0.2, 0.25) is 0 Å². The second-order valence-electron chi connectivity index (χ2n) is 3.14. The number of thiazole rings is 1. The number of nitrogens with zero attached hydrogens (tertiary/aromatic N) is 2. The van der Waals surface area contributed by atoms with Gasteiger partial charge in [-0.2, -0.15) is 12.6 Å². The monoisotopic (exact) mass is 236 g/mol. The Labute approximate surface area is 98.8 Å². The number of thiol groups is 1. The normalized spacial score (nSPS) is 10.5. The fourth-order valence-corrected chi connectivity index (χ4v) is 2.79. The molecular weight excluding hydrogens is 224 g/mol. The predicted octanol–water partition coefficient (Wildman–Crippen LogP) is 3.20. The lowest BCUT2D eigenvalue weighted by Gasteiger charge is -1.92. The molecule has 0 saturated carbocycles. The Hall–Kier alpha value is -0.870. The Morgan fingerprint density at radius 3 is 2.60 bits per heavy atom. The zero-order valence-corrected chi connectivity index (χ0v) is 10.2. The average Bonchev–Trinajstić information content (AvgIpc) is 2.73. The lowest BCUT2D eigenvalue weighted by atomic mass is 10.3. The number of hydrogen-bond acceptors (Lipinski definition) is 4. The number of rotatable bonds is 3. The first-order chi connectivity index (χ1) is 7.35. The SMILES string of the molecule is CCc1nc(-c2ccncc2)sc1CS. The topological polar surface area (TPSA) is 25.8 Å². The van der Waals surface area contributed by atoms with Crippen molar-refractivity contribution in [3.05, 3.63) is 35.1 Å². The van der Waals surface area contributed by atoms with Gasteiger partial charge in [0.25, 0.3) is 0 Å². The summed E-state index contributed by atoms with van der Waals surface area (Å²) in [5, 5.41) is 1.07. The van der Waals surface area contributed by atoms with Crippen molar-refractivity contribution in [3.8, 4) is 10.6 Å². The van der Waals surface area contributed by atoms with Gasteiger partial charge in [0, 0.05) is 28.6 Å². The molecule has 0 aliphatic rings. The molecule has 0 aliphatic heterocycles. The molecule has 2 heterocycles. The van der Waals surface area contributed by atoms with Crippen molar-refractivity contribution in [1.82, 2.24) is 9.97 Å². The third kappa shape index (κ3) is 2.21. The molecule has 0 spiro atoms. The van der Waals surface area contributed by atoms with Crippen molar-refractivity contribution in [1.29, 1.82) is 0 Å². The summed E-state index contributed by atoms with van der Waals surface area (Å²) in [6, 6.07) is 3.97. The van der Waals surface area contributed by atoms with Gasteiger partial charge in [-0.3, -0.25) is 4.98 Å². The minimum Gasteiger partial charge on any atom is -0.265 e. The molecule has 0 radical (unpaired) electrons. The van der Waals surface area contributed by atoms with E-state index in [0.717, 1.165) is 22.7 Å². The summed E-state index contributed by atoms with van der Waals surface area (Å²) < 4.78 is 0. The van der Waals surface area contributed by atoms with Crippen molar-refractivity contribution in [2.75, 3.05) is 0 Å². The lowest BCUT2D eigenvalue weighted by Crippen LogP contribution is -1.84. The van der Waals surface area contributed by atoms with Crippen LogP contribution in [-0.2, 0) is 12.2 Å². The predicted molar refractivity (Wildman–Crippen MR) is 67.4 cm³/mol. The Morgan fingerprint density at radius 2 is 2.07 bits per heavy atom. The van der Waals surface area contributed by atoms with Gasteiger partial charge < -0.3 is 0 Å². The molecule has 0 unspecified atom stereocenters. The molecule has 15 heavy (non-hydrogen) atoms. The molecule has 78 valence electrons. The Balaban J connectivity index is 2.42. The first-order valence-electron chi connectivity index (χ1n) is 4.85. The molecule has 0 saturated heterocycles. The second-order valence-corrected chi connectivity index (χ2v) is 4.54. The summed E-state index contributed by atoms with van der Waals surface area (Å²) in [7, 11) is 0. The van der Waals surface area contributed by atoms with Gasteiger partial charge in [-0.1, -0.05) is 6.92 Å². The molecular formula is C11H12N2S2. The third-order valence-corrected chi connectivity index (χ3v) is 3.86. The van der Waals surface area contributed by atoms with Crippen molar-refractivity contribution < 1.29 is 0 Å². The van der Waals surface area contributed by atoms with Crippen molar-refractivity contribution >= 4 is 24.0 Å². The van der Waals surface area contributed by atoms with Crippen LogP contribution < -0.4 is 0 Å². The maximum Gasteiger partial charge on any atom is 0.124 e. The zero-order valence-electron chi connectivity index (χ0n) is 8.47. The highest BCUT2D eigenvalue weighted by molar-refractivity contribution is 7.79. The van der Waals surface area contributed by atoms with Gasteiger partial charge >= 0.3 is 0 Å². The number of pyridine rings is 1. The van der Waals surface area contributed by atoms with Crippen molar-refractivity contribution in [2.45, 2.75) is 19.1 Å². The smallest absolute Gasteiger partial charge is 0.124 e. The zero-order chi connectivity index (χ0) is 10.7. The summed E-state index contributed by atoms with van der Waals surface area (Å²) in [5.41, 5.74) is 2.31. The lowest BCUT2D eigenvalue weighted by molar-refractivity contribution is 1.04. The first kappa shape index (κ1) is 10.6. The van der Waals surface area contributed by atoms with E-state index < -0.39 is 0 Å². The summed E-state index contributed by atoms with van der Waals surface area (Å²) in [6.45, 7) is 2.12. The van der Waals surface area contributed by atoms with E-state index >= 15 is 0 Å². The second kappa shape index (κ2) is 4.77. The molecule has 0 N–H and O–H groups in total. The quantitative estimate of drug-likeness (QED) is 0.828. The van der Waals surface area contributed by atoms with E-state index in [0.29, 0.717) is 0 Å². The average molecular weight is 236 g/mol. The van der Waals surface area contributed by atoms with E-state index in [1.54, 1.807) is 23.7 Å². The van der Waals surface area contributed by atoms with E-state index in [4.69, 9.17) is 0 Å². The van der Waals surface area contributed by atoms with Gasteiger partial charge in [0.1, 0.15) is 5.01 Å². The van der Waals surface area contributed by atoms with Crippen LogP contribution in [0.1, 0.15) is 17.5 Å². The van der Waals surface area contributed by atoms with E-state index in [-0.39, 0.29) is 0 Å². The first-order valence-corrected chi connectivity index (χ1v) is 6.30. The fourth-order valence-electron chi connectivity index (χ4n) is 1.40. The standard InChI is InChI=1S/C11H12N2S2/c1-2-9-10(7-14)15-11(13-9)8-3-5-12-6-4-8/h3-6,14H,2,7H2,1H3. The maximum atomic E-state index is 4.61. The summed E-state index contributed by atoms with van der Waals surface area (Å²) >= 11 is 6.04. The van der Waals surface area contributed by atoms with Crippen LogP contribution in [-0.4, -0.2) is 9.97 Å². The van der Waals surface area contributed by atoms with E-state index in [9.17, 15) is 0 Å². The van der Waals surface area contributed by atoms with Crippen LogP contribution in [0.15, 0.2) is 24.5 Å². The Bertz CT molecular complexity index is 416. The number of hydrogen-bond donors (Lipinski definition) is 1. The minimum atomic E-state index is 0.770. The van der Waals surface area contributed by atoms with E-state index in [1.807, 2.05) is 12.1 Å². The van der Waals surface area contributed by atoms with E-state index in [2.05, 4.69) is 29.5 Å². The molecule has 2 aromatic rings. The van der Waals surface area contributed by atoms with Crippen molar-refractivity contribution in [3.63, 3.8) is 0 Å². The maximum absolute atomic E-state index is 4.61. The van der Waals surface area contributed by atoms with Gasteiger partial charge in [-0.05, 0) is 18.6 Å². The minimum absolute atomic E-state index is 0.770. The molecule has 0 aromatic carbocycles. The number of aromatic nitrogens is 2. The summed E-state index contributed by atoms with van der Waals surface area (Å²) in [6.07, 6.45) is 4.56. The number of aryl methyl sites for hydroxylation is 1. The highest BCUT2D eigenvalue weighted by Gasteiger charge is 2.09. The van der Waals surface area contributed by atoms with Crippen LogP contribution in [0, 0.1) is 0 Å². The Kier molecular flexibility index (Phi) is 3.38. The largest absolute Gasteiger partial charge is 0.265 e. The molecule has 0 atom stereocenters. The highest BCUT2D eigenvalue weighted by atomic mass is 32.1. The molecule has 0 aliphatic carbocycles. The third-order valence-electron chi connectivity index (χ3n) is 2.18. The molecule has 4 heteroatoms.